The van der Waals surface area contributed by atoms with Crippen molar-refractivity contribution in [2.24, 2.45) is 0 Å². The lowest BCUT2D eigenvalue weighted by Gasteiger charge is -2.22. The standard InChI is InChI=1S/C19H27N3O3/c1-13(2)20-19(23)22-16-9-7-15(8-10-16)14(3)21-17(12-24-4)18-6-5-11-25-18/h5-11,13-14,17,21H,12H2,1-4H3,(H2,20,22,23)/t14-,17+/m1/s1. The van der Waals surface area contributed by atoms with Gasteiger partial charge in [0.1, 0.15) is 5.76 Å². The van der Waals surface area contributed by atoms with Crippen molar-refractivity contribution in [3.63, 3.8) is 0 Å². The molecule has 1 aromatic carbocycles. The first-order valence-electron chi connectivity index (χ1n) is 8.45. The van der Waals surface area contributed by atoms with Crippen molar-refractivity contribution in [2.45, 2.75) is 38.9 Å². The molecule has 0 unspecified atom stereocenters. The van der Waals surface area contributed by atoms with Gasteiger partial charge in [-0.1, -0.05) is 12.1 Å². The number of amides is 2. The number of urea groups is 1. The molecule has 0 fully saturated rings. The first-order chi connectivity index (χ1) is 12.0. The predicted molar refractivity (Wildman–Crippen MR) is 98.6 cm³/mol. The summed E-state index contributed by atoms with van der Waals surface area (Å²) in [5, 5.41) is 9.12. The molecule has 0 bridgehead atoms. The molecule has 6 nitrogen and oxygen atoms in total. The van der Waals surface area contributed by atoms with Crippen molar-refractivity contribution in [2.75, 3.05) is 19.0 Å². The molecule has 25 heavy (non-hydrogen) atoms. The van der Waals surface area contributed by atoms with Gasteiger partial charge in [0, 0.05) is 24.9 Å². The Labute approximate surface area is 148 Å². The Bertz CT molecular complexity index is 638. The lowest BCUT2D eigenvalue weighted by Crippen LogP contribution is -2.34. The molecular formula is C19H27N3O3. The maximum Gasteiger partial charge on any atom is 0.319 e. The highest BCUT2D eigenvalue weighted by atomic mass is 16.5. The van der Waals surface area contributed by atoms with E-state index < -0.39 is 0 Å². The van der Waals surface area contributed by atoms with E-state index in [0.717, 1.165) is 17.0 Å². The monoisotopic (exact) mass is 345 g/mol. The van der Waals surface area contributed by atoms with Crippen LogP contribution in [0, 0.1) is 0 Å². The van der Waals surface area contributed by atoms with Crippen molar-refractivity contribution in [1.82, 2.24) is 10.6 Å². The highest BCUT2D eigenvalue weighted by Gasteiger charge is 2.17. The SMILES string of the molecule is COC[C@H](N[C@H](C)c1ccc(NC(=O)NC(C)C)cc1)c1ccco1. The number of anilines is 1. The van der Waals surface area contributed by atoms with E-state index in [1.165, 1.54) is 0 Å². The highest BCUT2D eigenvalue weighted by molar-refractivity contribution is 5.89. The molecule has 0 aliphatic rings. The Morgan fingerprint density at radius 1 is 1.16 bits per heavy atom. The van der Waals surface area contributed by atoms with Gasteiger partial charge in [-0.05, 0) is 50.6 Å². The molecular weight excluding hydrogens is 318 g/mol. The van der Waals surface area contributed by atoms with Gasteiger partial charge in [-0.3, -0.25) is 5.32 Å². The number of hydrogen-bond donors (Lipinski definition) is 3. The Balaban J connectivity index is 1.97. The second kappa shape index (κ2) is 9.25. The van der Waals surface area contributed by atoms with E-state index in [2.05, 4.69) is 22.9 Å². The average Bonchev–Trinajstić information content (AvgIpc) is 3.08. The molecule has 2 amide bonds. The summed E-state index contributed by atoms with van der Waals surface area (Å²) in [5.74, 6) is 0.845. The first-order valence-corrected chi connectivity index (χ1v) is 8.45. The van der Waals surface area contributed by atoms with E-state index in [0.29, 0.717) is 6.61 Å². The van der Waals surface area contributed by atoms with Crippen LogP contribution in [0.2, 0.25) is 0 Å². The Kier molecular flexibility index (Phi) is 7.03. The molecule has 0 aliphatic heterocycles. The highest BCUT2D eigenvalue weighted by Crippen LogP contribution is 2.21. The van der Waals surface area contributed by atoms with Gasteiger partial charge in [-0.2, -0.15) is 0 Å². The zero-order chi connectivity index (χ0) is 18.2. The molecule has 0 radical (unpaired) electrons. The van der Waals surface area contributed by atoms with Gasteiger partial charge >= 0.3 is 6.03 Å². The van der Waals surface area contributed by atoms with Crippen LogP contribution in [0.1, 0.15) is 44.2 Å². The van der Waals surface area contributed by atoms with Crippen molar-refractivity contribution in [3.05, 3.63) is 54.0 Å². The fourth-order valence-electron chi connectivity index (χ4n) is 2.55. The van der Waals surface area contributed by atoms with Crippen LogP contribution in [0.4, 0.5) is 10.5 Å². The van der Waals surface area contributed by atoms with Gasteiger partial charge in [0.25, 0.3) is 0 Å². The predicted octanol–water partition coefficient (Wildman–Crippen LogP) is 3.85. The van der Waals surface area contributed by atoms with Crippen molar-refractivity contribution in [1.29, 1.82) is 0 Å². The van der Waals surface area contributed by atoms with Gasteiger partial charge in [0.15, 0.2) is 0 Å². The maximum absolute atomic E-state index is 11.7. The molecule has 2 atom stereocenters. The third-order valence-electron chi connectivity index (χ3n) is 3.76. The van der Waals surface area contributed by atoms with Crippen LogP contribution in [0.25, 0.3) is 0 Å². The van der Waals surface area contributed by atoms with Gasteiger partial charge in [-0.25, -0.2) is 4.79 Å². The van der Waals surface area contributed by atoms with E-state index in [4.69, 9.17) is 9.15 Å². The number of nitrogens with one attached hydrogen (secondary N) is 3. The summed E-state index contributed by atoms with van der Waals surface area (Å²) in [6, 6.07) is 11.6. The number of hydrogen-bond acceptors (Lipinski definition) is 4. The van der Waals surface area contributed by atoms with Crippen LogP contribution < -0.4 is 16.0 Å². The minimum absolute atomic E-state index is 0.0235. The molecule has 1 aromatic heterocycles. The molecule has 0 saturated heterocycles. The van der Waals surface area contributed by atoms with Crippen LogP contribution in [-0.4, -0.2) is 25.8 Å². The zero-order valence-electron chi connectivity index (χ0n) is 15.2. The molecule has 6 heteroatoms. The summed E-state index contributed by atoms with van der Waals surface area (Å²) in [6.45, 7) is 6.45. The summed E-state index contributed by atoms with van der Waals surface area (Å²) < 4.78 is 10.8. The van der Waals surface area contributed by atoms with E-state index in [-0.39, 0.29) is 24.2 Å². The van der Waals surface area contributed by atoms with E-state index in [1.807, 2.05) is 50.2 Å². The summed E-state index contributed by atoms with van der Waals surface area (Å²) >= 11 is 0. The number of furan rings is 1. The van der Waals surface area contributed by atoms with Crippen molar-refractivity contribution in [3.8, 4) is 0 Å². The van der Waals surface area contributed by atoms with Gasteiger partial charge in [0.05, 0.1) is 18.9 Å². The van der Waals surface area contributed by atoms with Crippen molar-refractivity contribution >= 4 is 11.7 Å². The van der Waals surface area contributed by atoms with Crippen LogP contribution in [0.3, 0.4) is 0 Å². The number of rotatable bonds is 8. The molecule has 0 spiro atoms. The number of methoxy groups -OCH3 is 1. The topological polar surface area (TPSA) is 75.5 Å². The van der Waals surface area contributed by atoms with Gasteiger partial charge in [0.2, 0.25) is 0 Å². The van der Waals surface area contributed by atoms with E-state index in [9.17, 15) is 4.79 Å². The van der Waals surface area contributed by atoms with Gasteiger partial charge < -0.3 is 19.8 Å². The maximum atomic E-state index is 11.7. The van der Waals surface area contributed by atoms with Crippen LogP contribution in [-0.2, 0) is 4.74 Å². The smallest absolute Gasteiger partial charge is 0.319 e. The van der Waals surface area contributed by atoms with Gasteiger partial charge in [-0.15, -0.1) is 0 Å². The Morgan fingerprint density at radius 3 is 2.44 bits per heavy atom. The molecule has 0 aliphatic carbocycles. The average molecular weight is 345 g/mol. The third kappa shape index (κ3) is 5.92. The zero-order valence-corrected chi connectivity index (χ0v) is 15.2. The quantitative estimate of drug-likeness (QED) is 0.679. The molecule has 0 saturated carbocycles. The minimum atomic E-state index is -0.202. The Morgan fingerprint density at radius 2 is 1.88 bits per heavy atom. The first kappa shape index (κ1) is 19.0. The fourth-order valence-corrected chi connectivity index (χ4v) is 2.55. The Hall–Kier alpha value is -2.31. The number of carbonyl (C=O) groups excluding carboxylic acids is 1. The lowest BCUT2D eigenvalue weighted by molar-refractivity contribution is 0.152. The number of ether oxygens (including phenoxy) is 1. The van der Waals surface area contributed by atoms with E-state index >= 15 is 0 Å². The lowest BCUT2D eigenvalue weighted by atomic mass is 10.1. The summed E-state index contributed by atoms with van der Waals surface area (Å²) in [5.41, 5.74) is 1.87. The molecule has 2 aromatic rings. The summed E-state index contributed by atoms with van der Waals surface area (Å²) in [4.78, 5) is 11.7. The number of carbonyl (C=O) groups is 1. The third-order valence-corrected chi connectivity index (χ3v) is 3.76. The molecule has 136 valence electrons. The second-order valence-electron chi connectivity index (χ2n) is 6.29. The van der Waals surface area contributed by atoms with Crippen LogP contribution in [0.15, 0.2) is 47.1 Å². The minimum Gasteiger partial charge on any atom is -0.468 e. The van der Waals surface area contributed by atoms with Crippen molar-refractivity contribution < 1.29 is 13.9 Å². The largest absolute Gasteiger partial charge is 0.468 e. The number of benzene rings is 1. The van der Waals surface area contributed by atoms with Crippen LogP contribution in [0.5, 0.6) is 0 Å². The normalized spacial score (nSPS) is 13.5. The second-order valence-corrected chi connectivity index (χ2v) is 6.29. The molecule has 1 heterocycles. The molecule has 2 rings (SSSR count). The molecule has 3 N–H and O–H groups in total. The summed E-state index contributed by atoms with van der Waals surface area (Å²) in [6.07, 6.45) is 1.66. The fraction of sp³-hybridized carbons (Fsp3) is 0.421. The van der Waals surface area contributed by atoms with Crippen LogP contribution >= 0.6 is 0 Å². The van der Waals surface area contributed by atoms with E-state index in [1.54, 1.807) is 13.4 Å². The summed E-state index contributed by atoms with van der Waals surface area (Å²) in [7, 11) is 1.67.